The van der Waals surface area contributed by atoms with Crippen molar-refractivity contribution in [2.24, 2.45) is 0 Å². The van der Waals surface area contributed by atoms with Crippen LogP contribution in [0.4, 0.5) is 5.69 Å². The lowest BCUT2D eigenvalue weighted by molar-refractivity contribution is -0.125. The topological polar surface area (TPSA) is 49.4 Å². The zero-order valence-electron chi connectivity index (χ0n) is 10.4. The summed E-state index contributed by atoms with van der Waals surface area (Å²) in [5, 5.41) is 3.27. The molecule has 1 heterocycles. The fourth-order valence-electron chi connectivity index (χ4n) is 1.91. The predicted octanol–water partition coefficient (Wildman–Crippen LogP) is 2.46. The lowest BCUT2D eigenvalue weighted by Gasteiger charge is -2.11. The van der Waals surface area contributed by atoms with Gasteiger partial charge >= 0.3 is 0 Å². The van der Waals surface area contributed by atoms with E-state index in [4.69, 9.17) is 11.6 Å². The van der Waals surface area contributed by atoms with Crippen LogP contribution in [-0.2, 0) is 9.59 Å². The number of rotatable bonds is 3. The Bertz CT molecular complexity index is 491. The molecule has 1 N–H and O–H groups in total. The molecule has 0 unspecified atom stereocenters. The first-order valence-corrected chi connectivity index (χ1v) is 6.56. The van der Waals surface area contributed by atoms with Crippen molar-refractivity contribution in [2.75, 3.05) is 18.4 Å². The standard InChI is InChI=1S/C14H15ClN2O2/c15-11-3-5-12(6-4-11)16-13(18)7-8-14(19)17-9-1-2-10-17/h3-8H,1-2,9-10H2,(H,16,18). The number of nitrogens with zero attached hydrogens (tertiary/aromatic N) is 1. The van der Waals surface area contributed by atoms with Crippen LogP contribution < -0.4 is 5.32 Å². The maximum atomic E-state index is 11.7. The number of nitrogens with one attached hydrogen (secondary N) is 1. The van der Waals surface area contributed by atoms with Gasteiger partial charge in [-0.1, -0.05) is 11.6 Å². The van der Waals surface area contributed by atoms with Crippen molar-refractivity contribution < 1.29 is 9.59 Å². The van der Waals surface area contributed by atoms with Gasteiger partial charge in [-0.25, -0.2) is 0 Å². The molecule has 0 radical (unpaired) electrons. The van der Waals surface area contributed by atoms with Crippen molar-refractivity contribution in [2.45, 2.75) is 12.8 Å². The Morgan fingerprint density at radius 1 is 1.11 bits per heavy atom. The Morgan fingerprint density at radius 3 is 2.37 bits per heavy atom. The Hall–Kier alpha value is -1.81. The first kappa shape index (κ1) is 13.6. The van der Waals surface area contributed by atoms with Crippen LogP contribution in [0.5, 0.6) is 0 Å². The molecule has 0 aromatic heterocycles. The Morgan fingerprint density at radius 2 is 1.74 bits per heavy atom. The highest BCUT2D eigenvalue weighted by atomic mass is 35.5. The third-order valence-electron chi connectivity index (χ3n) is 2.91. The minimum Gasteiger partial charge on any atom is -0.339 e. The predicted molar refractivity (Wildman–Crippen MR) is 75.0 cm³/mol. The number of benzene rings is 1. The van der Waals surface area contributed by atoms with E-state index < -0.39 is 0 Å². The number of amides is 2. The molecule has 2 rings (SSSR count). The van der Waals surface area contributed by atoms with E-state index in [2.05, 4.69) is 5.32 Å². The Kier molecular flexibility index (Phi) is 4.58. The molecule has 0 spiro atoms. The maximum absolute atomic E-state index is 11.7. The second-order valence-electron chi connectivity index (χ2n) is 4.36. The molecule has 1 aliphatic rings. The van der Waals surface area contributed by atoms with Crippen LogP contribution in [0.25, 0.3) is 0 Å². The third kappa shape index (κ3) is 4.10. The average Bonchev–Trinajstić information content (AvgIpc) is 2.93. The summed E-state index contributed by atoms with van der Waals surface area (Å²) in [4.78, 5) is 25.0. The molecular formula is C14H15ClN2O2. The number of likely N-dealkylation sites (tertiary alicyclic amines) is 1. The van der Waals surface area contributed by atoms with Gasteiger partial charge in [-0.05, 0) is 37.1 Å². The highest BCUT2D eigenvalue weighted by Crippen LogP contribution is 2.13. The normalized spacial score (nSPS) is 14.9. The monoisotopic (exact) mass is 278 g/mol. The number of carbonyl (C=O) groups excluding carboxylic acids is 2. The zero-order chi connectivity index (χ0) is 13.7. The van der Waals surface area contributed by atoms with Crippen LogP contribution in [0.3, 0.4) is 0 Å². The van der Waals surface area contributed by atoms with Gasteiger partial charge in [-0.3, -0.25) is 9.59 Å². The summed E-state index contributed by atoms with van der Waals surface area (Å²) >= 11 is 5.75. The lowest BCUT2D eigenvalue weighted by Crippen LogP contribution is -2.25. The summed E-state index contributed by atoms with van der Waals surface area (Å²) in [6.07, 6.45) is 4.65. The van der Waals surface area contributed by atoms with Gasteiger partial charge in [0.1, 0.15) is 0 Å². The molecule has 0 atom stereocenters. The Labute approximate surface area is 117 Å². The van der Waals surface area contributed by atoms with Gasteiger partial charge in [0.2, 0.25) is 11.8 Å². The minimum atomic E-state index is -0.324. The molecule has 0 aliphatic carbocycles. The summed E-state index contributed by atoms with van der Waals surface area (Å²) in [6, 6.07) is 6.79. The summed E-state index contributed by atoms with van der Waals surface area (Å²) < 4.78 is 0. The van der Waals surface area contributed by atoms with Crippen molar-refractivity contribution in [3.8, 4) is 0 Å². The molecule has 1 aromatic carbocycles. The summed E-state index contributed by atoms with van der Waals surface area (Å²) in [6.45, 7) is 1.56. The van der Waals surface area contributed by atoms with E-state index in [0.29, 0.717) is 10.7 Å². The number of halogens is 1. The van der Waals surface area contributed by atoms with E-state index in [9.17, 15) is 9.59 Å². The number of hydrogen-bond acceptors (Lipinski definition) is 2. The van der Waals surface area contributed by atoms with Gasteiger partial charge in [0.05, 0.1) is 0 Å². The summed E-state index contributed by atoms with van der Waals surface area (Å²) in [7, 11) is 0. The average molecular weight is 279 g/mol. The van der Waals surface area contributed by atoms with Crippen LogP contribution in [0.15, 0.2) is 36.4 Å². The molecule has 19 heavy (non-hydrogen) atoms. The third-order valence-corrected chi connectivity index (χ3v) is 3.16. The van der Waals surface area contributed by atoms with E-state index in [-0.39, 0.29) is 11.8 Å². The SMILES string of the molecule is O=C(C=CC(=O)N1CCCC1)Nc1ccc(Cl)cc1. The van der Waals surface area contributed by atoms with Crippen molar-refractivity contribution in [1.29, 1.82) is 0 Å². The first-order valence-electron chi connectivity index (χ1n) is 6.19. The van der Waals surface area contributed by atoms with Crippen LogP contribution in [-0.4, -0.2) is 29.8 Å². The molecule has 1 aromatic rings. The van der Waals surface area contributed by atoms with Gasteiger partial charge < -0.3 is 10.2 Å². The zero-order valence-corrected chi connectivity index (χ0v) is 11.2. The van der Waals surface area contributed by atoms with Gasteiger partial charge in [0.25, 0.3) is 0 Å². The molecule has 2 amide bonds. The fourth-order valence-corrected chi connectivity index (χ4v) is 2.03. The molecule has 100 valence electrons. The molecule has 1 fully saturated rings. The first-order chi connectivity index (χ1) is 9.15. The second kappa shape index (κ2) is 6.38. The smallest absolute Gasteiger partial charge is 0.248 e. The molecule has 1 aliphatic heterocycles. The van der Waals surface area contributed by atoms with E-state index in [1.54, 1.807) is 29.2 Å². The highest BCUT2D eigenvalue weighted by Gasteiger charge is 2.15. The highest BCUT2D eigenvalue weighted by molar-refractivity contribution is 6.30. The molecule has 0 bridgehead atoms. The van der Waals surface area contributed by atoms with Crippen molar-refractivity contribution >= 4 is 29.1 Å². The maximum Gasteiger partial charge on any atom is 0.248 e. The van der Waals surface area contributed by atoms with Gasteiger partial charge in [0.15, 0.2) is 0 Å². The van der Waals surface area contributed by atoms with Crippen molar-refractivity contribution in [1.82, 2.24) is 4.90 Å². The van der Waals surface area contributed by atoms with Gasteiger partial charge in [0, 0.05) is 36.0 Å². The van der Waals surface area contributed by atoms with Crippen LogP contribution in [0.1, 0.15) is 12.8 Å². The van der Waals surface area contributed by atoms with E-state index in [0.717, 1.165) is 25.9 Å². The largest absolute Gasteiger partial charge is 0.339 e. The second-order valence-corrected chi connectivity index (χ2v) is 4.80. The fraction of sp³-hybridized carbons (Fsp3) is 0.286. The van der Waals surface area contributed by atoms with E-state index in [1.807, 2.05) is 0 Å². The molecule has 1 saturated heterocycles. The Balaban J connectivity index is 1.86. The molecule has 5 heteroatoms. The molecular weight excluding hydrogens is 264 g/mol. The van der Waals surface area contributed by atoms with Crippen molar-refractivity contribution in [3.63, 3.8) is 0 Å². The summed E-state index contributed by atoms with van der Waals surface area (Å²) in [5.74, 6) is -0.432. The number of carbonyl (C=O) groups is 2. The van der Waals surface area contributed by atoms with Crippen molar-refractivity contribution in [3.05, 3.63) is 41.4 Å². The van der Waals surface area contributed by atoms with Crippen LogP contribution in [0.2, 0.25) is 5.02 Å². The van der Waals surface area contributed by atoms with Gasteiger partial charge in [-0.2, -0.15) is 0 Å². The molecule has 0 saturated carbocycles. The quantitative estimate of drug-likeness (QED) is 0.864. The molecule has 4 nitrogen and oxygen atoms in total. The lowest BCUT2D eigenvalue weighted by atomic mass is 10.3. The summed E-state index contributed by atoms with van der Waals surface area (Å²) in [5.41, 5.74) is 0.646. The number of hydrogen-bond donors (Lipinski definition) is 1. The van der Waals surface area contributed by atoms with Crippen LogP contribution >= 0.6 is 11.6 Å². The minimum absolute atomic E-state index is 0.108. The number of anilines is 1. The van der Waals surface area contributed by atoms with Crippen LogP contribution in [0, 0.1) is 0 Å². The van der Waals surface area contributed by atoms with E-state index in [1.165, 1.54) is 12.2 Å². The van der Waals surface area contributed by atoms with Gasteiger partial charge in [-0.15, -0.1) is 0 Å². The van der Waals surface area contributed by atoms with E-state index >= 15 is 0 Å².